The summed E-state index contributed by atoms with van der Waals surface area (Å²) in [4.78, 5) is 3.72. The topological polar surface area (TPSA) is 51.0 Å². The van der Waals surface area contributed by atoms with E-state index in [1.807, 2.05) is 36.4 Å². The number of aromatic nitrogens is 1. The number of hydrogen-bond acceptors (Lipinski definition) is 2. The third-order valence-corrected chi connectivity index (χ3v) is 5.46. The first-order valence-electron chi connectivity index (χ1n) is 10.3. The van der Waals surface area contributed by atoms with Gasteiger partial charge in [0, 0.05) is 22.2 Å². The average Bonchev–Trinajstić information content (AvgIpc) is 3.13. The van der Waals surface area contributed by atoms with Crippen LogP contribution in [0.3, 0.4) is 0 Å². The highest BCUT2D eigenvalue weighted by Crippen LogP contribution is 2.36. The van der Waals surface area contributed by atoms with Crippen LogP contribution in [0.2, 0.25) is 0 Å². The SMILES string of the molecule is Cc1ccc(C)c2c(CCCCN)c(-c3cccc(Oc4ccccc4)c3)[nH]c12. The lowest BCUT2D eigenvalue weighted by atomic mass is 9.97. The molecule has 0 saturated heterocycles. The summed E-state index contributed by atoms with van der Waals surface area (Å²) < 4.78 is 6.07. The van der Waals surface area contributed by atoms with Crippen LogP contribution in [0.4, 0.5) is 0 Å². The van der Waals surface area contributed by atoms with Gasteiger partial charge >= 0.3 is 0 Å². The van der Waals surface area contributed by atoms with Gasteiger partial charge in [-0.25, -0.2) is 0 Å². The second-order valence-corrected chi connectivity index (χ2v) is 7.62. The zero-order chi connectivity index (χ0) is 20.2. The lowest BCUT2D eigenvalue weighted by Gasteiger charge is -2.09. The van der Waals surface area contributed by atoms with Crippen molar-refractivity contribution in [2.45, 2.75) is 33.1 Å². The van der Waals surface area contributed by atoms with Gasteiger partial charge in [-0.1, -0.05) is 42.5 Å². The number of aryl methyl sites for hydroxylation is 3. The van der Waals surface area contributed by atoms with Crippen molar-refractivity contribution in [3.8, 4) is 22.8 Å². The Kier molecular flexibility index (Phi) is 5.68. The van der Waals surface area contributed by atoms with Gasteiger partial charge in [-0.05, 0) is 80.6 Å². The highest BCUT2D eigenvalue weighted by atomic mass is 16.5. The van der Waals surface area contributed by atoms with Crippen LogP contribution >= 0.6 is 0 Å². The molecule has 0 fully saturated rings. The Morgan fingerprint density at radius 2 is 1.59 bits per heavy atom. The Labute approximate surface area is 172 Å². The van der Waals surface area contributed by atoms with E-state index in [9.17, 15) is 0 Å². The number of ether oxygens (including phenoxy) is 1. The summed E-state index contributed by atoms with van der Waals surface area (Å²) in [5.41, 5.74) is 13.3. The number of nitrogens with one attached hydrogen (secondary N) is 1. The summed E-state index contributed by atoms with van der Waals surface area (Å²) in [7, 11) is 0. The maximum absolute atomic E-state index is 6.07. The van der Waals surface area contributed by atoms with E-state index in [0.29, 0.717) is 0 Å². The smallest absolute Gasteiger partial charge is 0.128 e. The molecule has 0 saturated carbocycles. The molecule has 148 valence electrons. The summed E-state index contributed by atoms with van der Waals surface area (Å²) in [6, 6.07) is 22.6. The number of para-hydroxylation sites is 1. The first-order chi connectivity index (χ1) is 14.2. The van der Waals surface area contributed by atoms with E-state index in [1.165, 1.54) is 33.3 Å². The van der Waals surface area contributed by atoms with Gasteiger partial charge in [0.25, 0.3) is 0 Å². The van der Waals surface area contributed by atoms with E-state index >= 15 is 0 Å². The fourth-order valence-electron chi connectivity index (χ4n) is 3.97. The molecule has 1 aromatic heterocycles. The van der Waals surface area contributed by atoms with Crippen LogP contribution in [0, 0.1) is 13.8 Å². The van der Waals surface area contributed by atoms with Crippen molar-refractivity contribution in [2.75, 3.05) is 6.54 Å². The van der Waals surface area contributed by atoms with Crippen molar-refractivity contribution in [2.24, 2.45) is 5.73 Å². The minimum atomic E-state index is 0.732. The van der Waals surface area contributed by atoms with Gasteiger partial charge < -0.3 is 15.5 Å². The normalized spacial score (nSPS) is 11.1. The summed E-state index contributed by atoms with van der Waals surface area (Å²) >= 11 is 0. The quantitative estimate of drug-likeness (QED) is 0.356. The third kappa shape index (κ3) is 4.06. The van der Waals surface area contributed by atoms with E-state index in [1.54, 1.807) is 0 Å². The molecular weight excluding hydrogens is 356 g/mol. The Hall–Kier alpha value is -3.04. The lowest BCUT2D eigenvalue weighted by molar-refractivity contribution is 0.483. The summed E-state index contributed by atoms with van der Waals surface area (Å²) in [5.74, 6) is 1.69. The van der Waals surface area contributed by atoms with Crippen molar-refractivity contribution in [3.05, 3.63) is 83.4 Å². The zero-order valence-corrected chi connectivity index (χ0v) is 17.2. The van der Waals surface area contributed by atoms with Crippen LogP contribution in [0.15, 0.2) is 66.7 Å². The maximum Gasteiger partial charge on any atom is 0.128 e. The van der Waals surface area contributed by atoms with E-state index < -0.39 is 0 Å². The molecule has 3 nitrogen and oxygen atoms in total. The van der Waals surface area contributed by atoms with Crippen LogP contribution in [-0.2, 0) is 6.42 Å². The summed E-state index contributed by atoms with van der Waals surface area (Å²) in [5, 5.41) is 1.35. The number of unbranched alkanes of at least 4 members (excludes halogenated alkanes) is 1. The number of aromatic amines is 1. The molecule has 0 aliphatic carbocycles. The molecule has 0 unspecified atom stereocenters. The molecule has 3 heteroatoms. The summed E-state index contributed by atoms with van der Waals surface area (Å²) in [6.07, 6.45) is 3.14. The third-order valence-electron chi connectivity index (χ3n) is 5.46. The van der Waals surface area contributed by atoms with Gasteiger partial charge in [-0.2, -0.15) is 0 Å². The molecule has 0 amide bonds. The zero-order valence-electron chi connectivity index (χ0n) is 17.2. The molecule has 3 N–H and O–H groups in total. The number of nitrogens with two attached hydrogens (primary N) is 1. The van der Waals surface area contributed by atoms with Gasteiger partial charge in [-0.15, -0.1) is 0 Å². The van der Waals surface area contributed by atoms with Gasteiger partial charge in [0.2, 0.25) is 0 Å². The standard InChI is InChI=1S/C26H28N2O/c1-18-14-15-19(2)25-24(18)23(13-6-7-16-27)26(28-25)20-9-8-12-22(17-20)29-21-10-4-3-5-11-21/h3-5,8-12,14-15,17,28H,6-7,13,16,27H2,1-2H3. The van der Waals surface area contributed by atoms with Gasteiger partial charge in [-0.3, -0.25) is 0 Å². The number of benzene rings is 3. The fraction of sp³-hybridized carbons (Fsp3) is 0.231. The second-order valence-electron chi connectivity index (χ2n) is 7.62. The molecule has 0 bridgehead atoms. The first kappa shape index (κ1) is 19.3. The van der Waals surface area contributed by atoms with Crippen LogP contribution in [-0.4, -0.2) is 11.5 Å². The molecule has 0 atom stereocenters. The second kappa shape index (κ2) is 8.54. The molecule has 3 aromatic carbocycles. The minimum Gasteiger partial charge on any atom is -0.457 e. The van der Waals surface area contributed by atoms with E-state index in [2.05, 4.69) is 49.2 Å². The van der Waals surface area contributed by atoms with E-state index in [4.69, 9.17) is 10.5 Å². The van der Waals surface area contributed by atoms with Crippen LogP contribution in [0.25, 0.3) is 22.2 Å². The van der Waals surface area contributed by atoms with Crippen molar-refractivity contribution < 1.29 is 4.74 Å². The molecule has 29 heavy (non-hydrogen) atoms. The Balaban J connectivity index is 1.78. The Morgan fingerprint density at radius 1 is 0.828 bits per heavy atom. The minimum absolute atomic E-state index is 0.732. The predicted octanol–water partition coefficient (Wildman–Crippen LogP) is 6.53. The number of H-pyrrole nitrogens is 1. The number of rotatable bonds is 7. The van der Waals surface area contributed by atoms with Gasteiger partial charge in [0.1, 0.15) is 11.5 Å². The van der Waals surface area contributed by atoms with Crippen molar-refractivity contribution in [3.63, 3.8) is 0 Å². The molecule has 0 radical (unpaired) electrons. The maximum atomic E-state index is 6.07. The molecule has 0 aliphatic heterocycles. The molecule has 4 aromatic rings. The molecular formula is C26H28N2O. The average molecular weight is 385 g/mol. The fourth-order valence-corrected chi connectivity index (χ4v) is 3.97. The highest BCUT2D eigenvalue weighted by molar-refractivity contribution is 5.95. The largest absolute Gasteiger partial charge is 0.457 e. The Morgan fingerprint density at radius 3 is 2.38 bits per heavy atom. The van der Waals surface area contributed by atoms with E-state index in [-0.39, 0.29) is 0 Å². The van der Waals surface area contributed by atoms with Gasteiger partial charge in [0.15, 0.2) is 0 Å². The van der Waals surface area contributed by atoms with Crippen LogP contribution in [0.1, 0.15) is 29.5 Å². The summed E-state index contributed by atoms with van der Waals surface area (Å²) in [6.45, 7) is 5.09. The lowest BCUT2D eigenvalue weighted by Crippen LogP contribution is -1.99. The molecule has 0 aliphatic rings. The first-order valence-corrected chi connectivity index (χ1v) is 10.3. The molecule has 1 heterocycles. The number of hydrogen-bond donors (Lipinski definition) is 2. The van der Waals surface area contributed by atoms with Crippen LogP contribution < -0.4 is 10.5 Å². The Bertz CT molecular complexity index is 1110. The van der Waals surface area contributed by atoms with Crippen molar-refractivity contribution >= 4 is 10.9 Å². The van der Waals surface area contributed by atoms with Crippen molar-refractivity contribution in [1.82, 2.24) is 4.98 Å². The predicted molar refractivity (Wildman–Crippen MR) is 122 cm³/mol. The number of fused-ring (bicyclic) bond motifs is 1. The molecule has 0 spiro atoms. The van der Waals surface area contributed by atoms with Gasteiger partial charge in [0.05, 0.1) is 0 Å². The van der Waals surface area contributed by atoms with Crippen LogP contribution in [0.5, 0.6) is 11.5 Å². The van der Waals surface area contributed by atoms with Crippen molar-refractivity contribution in [1.29, 1.82) is 0 Å². The van der Waals surface area contributed by atoms with E-state index in [0.717, 1.165) is 42.9 Å². The monoisotopic (exact) mass is 384 g/mol. The molecule has 4 rings (SSSR count). The highest BCUT2D eigenvalue weighted by Gasteiger charge is 2.16.